The average Bonchev–Trinajstić information content (AvgIpc) is 3.01. The Morgan fingerprint density at radius 1 is 1.25 bits per heavy atom. The summed E-state index contributed by atoms with van der Waals surface area (Å²) in [5.74, 6) is 1.58. The van der Waals surface area contributed by atoms with Crippen LogP contribution in [-0.4, -0.2) is 35.0 Å². The second-order valence-corrected chi connectivity index (χ2v) is 7.82. The fourth-order valence-electron chi connectivity index (χ4n) is 1.71. The van der Waals surface area contributed by atoms with Gasteiger partial charge in [0, 0.05) is 11.7 Å². The second-order valence-electron chi connectivity index (χ2n) is 5.62. The first kappa shape index (κ1) is 18.5. The van der Waals surface area contributed by atoms with Gasteiger partial charge in [0.15, 0.2) is 4.34 Å². The molecule has 0 spiro atoms. The number of benzene rings is 1. The Morgan fingerprint density at radius 3 is 2.58 bits per heavy atom. The first-order chi connectivity index (χ1) is 11.5. The maximum Gasteiger partial charge on any atom is 0.230 e. The molecular formula is C16H22N4O2S2. The lowest BCUT2D eigenvalue weighted by molar-refractivity contribution is -0.119. The molecule has 0 aliphatic carbocycles. The molecule has 0 fully saturated rings. The second kappa shape index (κ2) is 8.89. The number of hydrogen-bond acceptors (Lipinski definition) is 7. The van der Waals surface area contributed by atoms with Crippen LogP contribution in [0.15, 0.2) is 28.6 Å². The zero-order valence-electron chi connectivity index (χ0n) is 14.2. The van der Waals surface area contributed by atoms with Crippen molar-refractivity contribution in [3.8, 4) is 5.75 Å². The molecule has 0 aliphatic heterocycles. The smallest absolute Gasteiger partial charge is 0.230 e. The molecule has 0 bridgehead atoms. The summed E-state index contributed by atoms with van der Waals surface area (Å²) in [5.41, 5.74) is 0.909. The summed E-state index contributed by atoms with van der Waals surface area (Å²) in [6.45, 7) is 6.18. The number of nitrogens with zero attached hydrogens (tertiary/aromatic N) is 2. The van der Waals surface area contributed by atoms with Crippen LogP contribution in [0.5, 0.6) is 5.75 Å². The maximum atomic E-state index is 11.9. The van der Waals surface area contributed by atoms with E-state index in [2.05, 4.69) is 34.7 Å². The summed E-state index contributed by atoms with van der Waals surface area (Å²) in [6, 6.07) is 7.74. The van der Waals surface area contributed by atoms with Gasteiger partial charge in [-0.05, 0) is 37.1 Å². The largest absolute Gasteiger partial charge is 0.497 e. The van der Waals surface area contributed by atoms with Crippen molar-refractivity contribution in [3.05, 3.63) is 24.3 Å². The van der Waals surface area contributed by atoms with Gasteiger partial charge in [-0.25, -0.2) is 0 Å². The summed E-state index contributed by atoms with van der Waals surface area (Å²) in [4.78, 5) is 11.9. The van der Waals surface area contributed by atoms with E-state index in [0.29, 0.717) is 16.8 Å². The lowest BCUT2D eigenvalue weighted by atomic mass is 10.1. The minimum Gasteiger partial charge on any atom is -0.497 e. The third-order valence-electron chi connectivity index (χ3n) is 3.46. The van der Waals surface area contributed by atoms with E-state index in [0.717, 1.165) is 15.8 Å². The first-order valence-corrected chi connectivity index (χ1v) is 9.45. The highest BCUT2D eigenvalue weighted by Gasteiger charge is 2.12. The molecule has 1 heterocycles. The van der Waals surface area contributed by atoms with Crippen LogP contribution in [0.1, 0.15) is 20.8 Å². The van der Waals surface area contributed by atoms with Gasteiger partial charge in [-0.15, -0.1) is 10.2 Å². The third kappa shape index (κ3) is 5.68. The van der Waals surface area contributed by atoms with Gasteiger partial charge in [-0.1, -0.05) is 36.9 Å². The molecule has 8 heteroatoms. The van der Waals surface area contributed by atoms with Gasteiger partial charge >= 0.3 is 0 Å². The summed E-state index contributed by atoms with van der Waals surface area (Å²) < 4.78 is 5.89. The molecule has 0 unspecified atom stereocenters. The standard InChI is InChI=1S/C16H22N4O2S2/c1-10(2)11(3)17-14(21)9-23-16-20-19-15(24-16)18-12-5-7-13(22-4)8-6-12/h5-8,10-11H,9H2,1-4H3,(H,17,21)(H,18,19)/t11-/m0/s1. The fraction of sp³-hybridized carbons (Fsp3) is 0.438. The first-order valence-electron chi connectivity index (χ1n) is 7.64. The predicted molar refractivity (Wildman–Crippen MR) is 99.4 cm³/mol. The molecule has 1 aromatic carbocycles. The van der Waals surface area contributed by atoms with Crippen molar-refractivity contribution in [2.75, 3.05) is 18.2 Å². The van der Waals surface area contributed by atoms with E-state index in [1.165, 1.54) is 23.1 Å². The Morgan fingerprint density at radius 2 is 1.96 bits per heavy atom. The molecule has 2 N–H and O–H groups in total. The molecule has 1 amide bonds. The predicted octanol–water partition coefficient (Wildman–Crippen LogP) is 3.54. The van der Waals surface area contributed by atoms with Crippen LogP contribution >= 0.6 is 23.1 Å². The Labute approximate surface area is 150 Å². The number of ether oxygens (including phenoxy) is 1. The Hall–Kier alpha value is -1.80. The quantitative estimate of drug-likeness (QED) is 0.696. The number of carbonyl (C=O) groups is 1. The molecule has 0 saturated heterocycles. The third-order valence-corrected chi connectivity index (χ3v) is 5.44. The van der Waals surface area contributed by atoms with Crippen molar-refractivity contribution in [2.24, 2.45) is 5.92 Å². The van der Waals surface area contributed by atoms with Crippen LogP contribution in [0.3, 0.4) is 0 Å². The molecule has 2 aromatic rings. The number of methoxy groups -OCH3 is 1. The molecule has 0 radical (unpaired) electrons. The van der Waals surface area contributed by atoms with Crippen molar-refractivity contribution in [1.29, 1.82) is 0 Å². The molecule has 0 aliphatic rings. The number of hydrogen-bond donors (Lipinski definition) is 2. The van der Waals surface area contributed by atoms with E-state index >= 15 is 0 Å². The van der Waals surface area contributed by atoms with Crippen LogP contribution in [0, 0.1) is 5.92 Å². The van der Waals surface area contributed by atoms with Crippen molar-refractivity contribution in [1.82, 2.24) is 15.5 Å². The van der Waals surface area contributed by atoms with Crippen molar-refractivity contribution < 1.29 is 9.53 Å². The lowest BCUT2D eigenvalue weighted by Gasteiger charge is -2.16. The van der Waals surface area contributed by atoms with E-state index in [1.54, 1.807) is 7.11 Å². The lowest BCUT2D eigenvalue weighted by Crippen LogP contribution is -2.37. The number of amides is 1. The van der Waals surface area contributed by atoms with Crippen molar-refractivity contribution in [2.45, 2.75) is 31.2 Å². The van der Waals surface area contributed by atoms with E-state index in [9.17, 15) is 4.79 Å². The summed E-state index contributed by atoms with van der Waals surface area (Å²) in [5, 5.41) is 15.0. The molecule has 6 nitrogen and oxygen atoms in total. The maximum absolute atomic E-state index is 11.9. The number of nitrogens with one attached hydrogen (secondary N) is 2. The Balaban J connectivity index is 1.83. The van der Waals surface area contributed by atoms with E-state index in [4.69, 9.17) is 4.74 Å². The Bertz CT molecular complexity index is 658. The molecule has 0 saturated carbocycles. The Kier molecular flexibility index (Phi) is 6.86. The highest BCUT2D eigenvalue weighted by atomic mass is 32.2. The van der Waals surface area contributed by atoms with E-state index in [-0.39, 0.29) is 11.9 Å². The summed E-state index contributed by atoms with van der Waals surface area (Å²) in [7, 11) is 1.63. The van der Waals surface area contributed by atoms with Gasteiger partial charge in [-0.2, -0.15) is 0 Å². The zero-order valence-corrected chi connectivity index (χ0v) is 15.8. The highest BCUT2D eigenvalue weighted by molar-refractivity contribution is 8.01. The zero-order chi connectivity index (χ0) is 17.5. The van der Waals surface area contributed by atoms with Crippen molar-refractivity contribution >= 4 is 39.8 Å². The molecule has 1 atom stereocenters. The number of thioether (sulfide) groups is 1. The van der Waals surface area contributed by atoms with Gasteiger partial charge in [0.2, 0.25) is 11.0 Å². The van der Waals surface area contributed by atoms with E-state index < -0.39 is 0 Å². The van der Waals surface area contributed by atoms with Crippen LogP contribution in [0.25, 0.3) is 0 Å². The minimum absolute atomic E-state index is 0.0149. The SMILES string of the molecule is COc1ccc(Nc2nnc(SCC(=O)N[C@@H](C)C(C)C)s2)cc1. The molecule has 1 aromatic heterocycles. The topological polar surface area (TPSA) is 76.1 Å². The van der Waals surface area contributed by atoms with Gasteiger partial charge in [-0.3, -0.25) is 4.79 Å². The minimum atomic E-state index is 0.0149. The summed E-state index contributed by atoms with van der Waals surface area (Å²) >= 11 is 2.82. The summed E-state index contributed by atoms with van der Waals surface area (Å²) in [6.07, 6.45) is 0. The number of anilines is 2. The molecular weight excluding hydrogens is 344 g/mol. The van der Waals surface area contributed by atoms with Crippen LogP contribution in [-0.2, 0) is 4.79 Å². The van der Waals surface area contributed by atoms with Gasteiger partial charge in [0.1, 0.15) is 5.75 Å². The van der Waals surface area contributed by atoms with Crippen LogP contribution < -0.4 is 15.4 Å². The van der Waals surface area contributed by atoms with Crippen molar-refractivity contribution in [3.63, 3.8) is 0 Å². The fourth-order valence-corrected chi connectivity index (χ4v) is 3.29. The van der Waals surface area contributed by atoms with Gasteiger partial charge in [0.05, 0.1) is 12.9 Å². The van der Waals surface area contributed by atoms with Crippen LogP contribution in [0.4, 0.5) is 10.8 Å². The average molecular weight is 367 g/mol. The molecule has 24 heavy (non-hydrogen) atoms. The van der Waals surface area contributed by atoms with E-state index in [1.807, 2.05) is 31.2 Å². The van der Waals surface area contributed by atoms with Gasteiger partial charge in [0.25, 0.3) is 0 Å². The van der Waals surface area contributed by atoms with Crippen LogP contribution in [0.2, 0.25) is 0 Å². The molecule has 2 rings (SSSR count). The number of aromatic nitrogens is 2. The highest BCUT2D eigenvalue weighted by Crippen LogP contribution is 2.28. The normalized spacial score (nSPS) is 12.0. The number of carbonyl (C=O) groups excluding carboxylic acids is 1. The number of rotatable bonds is 8. The van der Waals surface area contributed by atoms with Gasteiger partial charge < -0.3 is 15.4 Å². The molecule has 130 valence electrons. The monoisotopic (exact) mass is 366 g/mol.